The van der Waals surface area contributed by atoms with E-state index < -0.39 is 0 Å². The molecule has 0 aliphatic carbocycles. The molecule has 0 amide bonds. The lowest BCUT2D eigenvalue weighted by Gasteiger charge is -2.21. The number of aromatic hydroxyl groups is 1. The van der Waals surface area contributed by atoms with E-state index in [2.05, 4.69) is 23.9 Å². The summed E-state index contributed by atoms with van der Waals surface area (Å²) in [5.74, 6) is 0.366. The Morgan fingerprint density at radius 3 is 2.93 bits per heavy atom. The third kappa shape index (κ3) is 2.23. The summed E-state index contributed by atoms with van der Waals surface area (Å²) in [6.07, 6.45) is 1.10. The predicted octanol–water partition coefficient (Wildman–Crippen LogP) is 1.32. The Morgan fingerprint density at radius 2 is 2.20 bits per heavy atom. The monoisotopic (exact) mass is 206 g/mol. The standard InChI is InChI=1S/C12H18N2O/c1-13(2)7-8-14-6-5-10-3-4-11(15)9-12(10)14/h3-4,9,15H,5-8H2,1-2H3. The first-order chi connectivity index (χ1) is 7.16. The van der Waals surface area contributed by atoms with E-state index in [9.17, 15) is 5.11 Å². The Bertz CT molecular complexity index is 349. The maximum absolute atomic E-state index is 9.45. The number of fused-ring (bicyclic) bond motifs is 1. The first-order valence-corrected chi connectivity index (χ1v) is 5.38. The van der Waals surface area contributed by atoms with Gasteiger partial charge in [-0.25, -0.2) is 0 Å². The molecule has 1 N–H and O–H groups in total. The van der Waals surface area contributed by atoms with E-state index in [1.165, 1.54) is 11.3 Å². The molecule has 0 unspecified atom stereocenters. The van der Waals surface area contributed by atoms with E-state index in [0.717, 1.165) is 26.1 Å². The van der Waals surface area contributed by atoms with E-state index in [1.54, 1.807) is 6.07 Å². The highest BCUT2D eigenvalue weighted by molar-refractivity contribution is 5.60. The number of nitrogens with zero attached hydrogens (tertiary/aromatic N) is 2. The van der Waals surface area contributed by atoms with Crippen molar-refractivity contribution in [2.24, 2.45) is 0 Å². The molecular weight excluding hydrogens is 188 g/mol. The van der Waals surface area contributed by atoms with Gasteiger partial charge in [-0.05, 0) is 32.1 Å². The van der Waals surface area contributed by atoms with Crippen LogP contribution in [0.25, 0.3) is 0 Å². The normalized spacial score (nSPS) is 14.7. The summed E-state index contributed by atoms with van der Waals surface area (Å²) in [7, 11) is 4.17. The molecule has 0 atom stereocenters. The zero-order chi connectivity index (χ0) is 10.8. The zero-order valence-corrected chi connectivity index (χ0v) is 9.40. The highest BCUT2D eigenvalue weighted by Crippen LogP contribution is 2.30. The number of hydrogen-bond donors (Lipinski definition) is 1. The molecule has 1 aliphatic heterocycles. The summed E-state index contributed by atoms with van der Waals surface area (Å²) in [4.78, 5) is 4.52. The number of phenolic OH excluding ortho intramolecular Hbond substituents is 1. The van der Waals surface area contributed by atoms with Gasteiger partial charge in [-0.15, -0.1) is 0 Å². The van der Waals surface area contributed by atoms with Gasteiger partial charge in [0.05, 0.1) is 0 Å². The Labute approximate surface area is 90.9 Å². The van der Waals surface area contributed by atoms with Crippen LogP contribution in [0.1, 0.15) is 5.56 Å². The van der Waals surface area contributed by atoms with Crippen LogP contribution in [-0.4, -0.2) is 43.7 Å². The minimum Gasteiger partial charge on any atom is -0.508 e. The summed E-state index contributed by atoms with van der Waals surface area (Å²) in [5, 5.41) is 9.45. The number of rotatable bonds is 3. The molecule has 3 heteroatoms. The lowest BCUT2D eigenvalue weighted by atomic mass is 10.1. The SMILES string of the molecule is CN(C)CCN1CCc2ccc(O)cc21. The third-order valence-electron chi connectivity index (χ3n) is 2.88. The van der Waals surface area contributed by atoms with Crippen LogP contribution >= 0.6 is 0 Å². The van der Waals surface area contributed by atoms with Gasteiger partial charge in [0.25, 0.3) is 0 Å². The maximum Gasteiger partial charge on any atom is 0.117 e. The number of likely N-dealkylation sites (N-methyl/N-ethyl adjacent to an activating group) is 1. The molecule has 0 saturated carbocycles. The summed E-state index contributed by atoms with van der Waals surface area (Å²) < 4.78 is 0. The zero-order valence-electron chi connectivity index (χ0n) is 9.40. The van der Waals surface area contributed by atoms with Gasteiger partial charge in [-0.3, -0.25) is 0 Å². The smallest absolute Gasteiger partial charge is 0.117 e. The lowest BCUT2D eigenvalue weighted by molar-refractivity contribution is 0.414. The van der Waals surface area contributed by atoms with Crippen LogP contribution in [0.15, 0.2) is 18.2 Å². The molecule has 2 rings (SSSR count). The Kier molecular flexibility index (Phi) is 2.82. The topological polar surface area (TPSA) is 26.7 Å². The second-order valence-electron chi connectivity index (χ2n) is 4.35. The first-order valence-electron chi connectivity index (χ1n) is 5.38. The molecule has 1 aromatic carbocycles. The summed E-state index contributed by atoms with van der Waals surface area (Å²) >= 11 is 0. The van der Waals surface area contributed by atoms with Gasteiger partial charge in [0.15, 0.2) is 0 Å². The van der Waals surface area contributed by atoms with Crippen LogP contribution in [0.5, 0.6) is 5.75 Å². The quantitative estimate of drug-likeness (QED) is 0.808. The molecule has 15 heavy (non-hydrogen) atoms. The third-order valence-corrected chi connectivity index (χ3v) is 2.88. The van der Waals surface area contributed by atoms with E-state index in [4.69, 9.17) is 0 Å². The van der Waals surface area contributed by atoms with Gasteiger partial charge in [-0.1, -0.05) is 6.07 Å². The second kappa shape index (κ2) is 4.11. The van der Waals surface area contributed by atoms with Crippen LogP contribution in [0.3, 0.4) is 0 Å². The maximum atomic E-state index is 9.45. The Balaban J connectivity index is 2.10. The Hall–Kier alpha value is -1.22. The molecule has 1 aliphatic rings. The molecule has 3 nitrogen and oxygen atoms in total. The average Bonchev–Trinajstić information content (AvgIpc) is 2.57. The largest absolute Gasteiger partial charge is 0.508 e. The summed E-state index contributed by atoms with van der Waals surface area (Å²) in [5.41, 5.74) is 2.56. The minimum atomic E-state index is 0.366. The van der Waals surface area contributed by atoms with Crippen LogP contribution in [-0.2, 0) is 6.42 Å². The highest BCUT2D eigenvalue weighted by atomic mass is 16.3. The fourth-order valence-electron chi connectivity index (χ4n) is 1.99. The molecule has 1 aromatic rings. The molecule has 0 spiro atoms. The number of benzene rings is 1. The van der Waals surface area contributed by atoms with E-state index >= 15 is 0 Å². The fraction of sp³-hybridized carbons (Fsp3) is 0.500. The average molecular weight is 206 g/mol. The Morgan fingerprint density at radius 1 is 1.40 bits per heavy atom. The minimum absolute atomic E-state index is 0.366. The molecule has 0 radical (unpaired) electrons. The van der Waals surface area contributed by atoms with Crippen molar-refractivity contribution in [3.63, 3.8) is 0 Å². The van der Waals surface area contributed by atoms with E-state index in [0.29, 0.717) is 5.75 Å². The van der Waals surface area contributed by atoms with Gasteiger partial charge in [0.2, 0.25) is 0 Å². The van der Waals surface area contributed by atoms with Crippen molar-refractivity contribution in [3.05, 3.63) is 23.8 Å². The molecule has 1 heterocycles. The highest BCUT2D eigenvalue weighted by Gasteiger charge is 2.18. The summed E-state index contributed by atoms with van der Waals surface area (Å²) in [6, 6.07) is 5.67. The van der Waals surface area contributed by atoms with Crippen LogP contribution in [0.4, 0.5) is 5.69 Å². The first kappa shape index (κ1) is 10.3. The van der Waals surface area contributed by atoms with Crippen molar-refractivity contribution in [3.8, 4) is 5.75 Å². The van der Waals surface area contributed by atoms with Crippen LogP contribution in [0, 0.1) is 0 Å². The molecular formula is C12H18N2O. The number of phenols is 1. The second-order valence-corrected chi connectivity index (χ2v) is 4.35. The van der Waals surface area contributed by atoms with Crippen molar-refractivity contribution in [1.82, 2.24) is 4.90 Å². The van der Waals surface area contributed by atoms with E-state index in [1.807, 2.05) is 12.1 Å². The van der Waals surface area contributed by atoms with Gasteiger partial charge in [0.1, 0.15) is 5.75 Å². The fourth-order valence-corrected chi connectivity index (χ4v) is 1.99. The van der Waals surface area contributed by atoms with Gasteiger partial charge in [-0.2, -0.15) is 0 Å². The number of hydrogen-bond acceptors (Lipinski definition) is 3. The van der Waals surface area contributed by atoms with Gasteiger partial charge in [0, 0.05) is 31.4 Å². The van der Waals surface area contributed by atoms with Crippen molar-refractivity contribution >= 4 is 5.69 Å². The van der Waals surface area contributed by atoms with Crippen molar-refractivity contribution in [2.75, 3.05) is 38.6 Å². The molecule has 0 saturated heterocycles. The van der Waals surface area contributed by atoms with Crippen molar-refractivity contribution in [2.45, 2.75) is 6.42 Å². The molecule has 0 aromatic heterocycles. The molecule has 0 fully saturated rings. The van der Waals surface area contributed by atoms with Crippen molar-refractivity contribution in [1.29, 1.82) is 0 Å². The summed E-state index contributed by atoms with van der Waals surface area (Å²) in [6.45, 7) is 3.16. The van der Waals surface area contributed by atoms with Gasteiger partial charge >= 0.3 is 0 Å². The van der Waals surface area contributed by atoms with Crippen molar-refractivity contribution < 1.29 is 5.11 Å². The number of anilines is 1. The van der Waals surface area contributed by atoms with Crippen LogP contribution in [0.2, 0.25) is 0 Å². The van der Waals surface area contributed by atoms with Gasteiger partial charge < -0.3 is 14.9 Å². The predicted molar refractivity (Wildman–Crippen MR) is 62.6 cm³/mol. The molecule has 0 bridgehead atoms. The van der Waals surface area contributed by atoms with E-state index in [-0.39, 0.29) is 0 Å². The lowest BCUT2D eigenvalue weighted by Crippen LogP contribution is -2.30. The van der Waals surface area contributed by atoms with Crippen LogP contribution < -0.4 is 4.90 Å². The molecule has 82 valence electrons.